The lowest BCUT2D eigenvalue weighted by Crippen LogP contribution is -2.18. The van der Waals surface area contributed by atoms with Gasteiger partial charge in [0.1, 0.15) is 23.0 Å². The summed E-state index contributed by atoms with van der Waals surface area (Å²) in [6.45, 7) is 1.10. The Morgan fingerprint density at radius 1 is 1.04 bits per heavy atom. The molecule has 3 rings (SSSR count). The first-order chi connectivity index (χ1) is 13.4. The molecule has 0 aliphatic rings. The number of ketones is 1. The van der Waals surface area contributed by atoms with Crippen LogP contribution in [-0.2, 0) is 11.3 Å². The highest BCUT2D eigenvalue weighted by atomic mass is 19.1. The summed E-state index contributed by atoms with van der Waals surface area (Å²) in [5.41, 5.74) is 6.53. The summed E-state index contributed by atoms with van der Waals surface area (Å²) in [6, 6.07) is 12.4. The van der Waals surface area contributed by atoms with Gasteiger partial charge in [0.05, 0.1) is 17.8 Å². The van der Waals surface area contributed by atoms with Crippen molar-refractivity contribution in [3.05, 3.63) is 82.5 Å². The monoisotopic (exact) mass is 385 g/mol. The minimum Gasteiger partial charge on any atom is -0.454 e. The number of aryl methyl sites for hydroxylation is 1. The third-order valence-electron chi connectivity index (χ3n) is 4.12. The van der Waals surface area contributed by atoms with Gasteiger partial charge in [-0.25, -0.2) is 18.3 Å². The standard InChI is InChI=1S/C20H17F2N3O3/c1-12-17(19(23)25(24-12)10-13-6-3-2-4-7-13)20(27)28-11-16(26)18-14(21)8-5-9-15(18)22/h2-9H,10-11,23H2,1H3. The molecule has 28 heavy (non-hydrogen) atoms. The molecule has 3 aromatic rings. The Kier molecular flexibility index (Phi) is 5.49. The zero-order valence-electron chi connectivity index (χ0n) is 15.0. The number of rotatable bonds is 6. The van der Waals surface area contributed by atoms with Crippen LogP contribution in [0.1, 0.15) is 32.0 Å². The molecule has 0 aliphatic heterocycles. The molecule has 2 N–H and O–H groups in total. The van der Waals surface area contributed by atoms with E-state index in [1.54, 1.807) is 6.92 Å². The summed E-state index contributed by atoms with van der Waals surface area (Å²) >= 11 is 0. The molecule has 144 valence electrons. The average Bonchev–Trinajstić information content (AvgIpc) is 2.94. The molecule has 0 saturated carbocycles. The highest BCUT2D eigenvalue weighted by Crippen LogP contribution is 2.20. The number of hydrogen-bond acceptors (Lipinski definition) is 5. The Labute approximate surface area is 159 Å². The summed E-state index contributed by atoms with van der Waals surface area (Å²) in [5, 5.41) is 4.23. The number of benzene rings is 2. The lowest BCUT2D eigenvalue weighted by Gasteiger charge is -2.07. The number of halogens is 2. The molecular formula is C20H17F2N3O3. The number of nitrogen functional groups attached to an aromatic ring is 1. The van der Waals surface area contributed by atoms with Crippen molar-refractivity contribution >= 4 is 17.6 Å². The zero-order valence-corrected chi connectivity index (χ0v) is 15.0. The normalized spacial score (nSPS) is 10.7. The van der Waals surface area contributed by atoms with Gasteiger partial charge in [-0.3, -0.25) is 4.79 Å². The zero-order chi connectivity index (χ0) is 20.3. The SMILES string of the molecule is Cc1nn(Cc2ccccc2)c(N)c1C(=O)OCC(=O)c1c(F)cccc1F. The molecule has 0 amide bonds. The maximum atomic E-state index is 13.7. The van der Waals surface area contributed by atoms with Crippen LogP contribution in [0.4, 0.5) is 14.6 Å². The van der Waals surface area contributed by atoms with Crippen LogP contribution in [0.2, 0.25) is 0 Å². The Bertz CT molecular complexity index is 1010. The summed E-state index contributed by atoms with van der Waals surface area (Å²) in [5.74, 6) is -3.84. The van der Waals surface area contributed by atoms with Crippen LogP contribution < -0.4 is 5.73 Å². The van der Waals surface area contributed by atoms with E-state index in [1.807, 2.05) is 30.3 Å². The first-order valence-electron chi connectivity index (χ1n) is 8.39. The van der Waals surface area contributed by atoms with Crippen LogP contribution in [0.5, 0.6) is 0 Å². The van der Waals surface area contributed by atoms with E-state index in [0.717, 1.165) is 23.8 Å². The fraction of sp³-hybridized carbons (Fsp3) is 0.150. The van der Waals surface area contributed by atoms with Crippen LogP contribution in [0, 0.1) is 18.6 Å². The van der Waals surface area contributed by atoms with E-state index in [9.17, 15) is 18.4 Å². The molecule has 0 aliphatic carbocycles. The van der Waals surface area contributed by atoms with Gasteiger partial charge in [-0.2, -0.15) is 5.10 Å². The van der Waals surface area contributed by atoms with Crippen molar-refractivity contribution in [1.82, 2.24) is 9.78 Å². The fourth-order valence-corrected chi connectivity index (χ4v) is 2.77. The number of nitrogens with two attached hydrogens (primary N) is 1. The van der Waals surface area contributed by atoms with Gasteiger partial charge in [0.2, 0.25) is 5.78 Å². The van der Waals surface area contributed by atoms with Crippen molar-refractivity contribution in [2.75, 3.05) is 12.3 Å². The molecule has 0 spiro atoms. The van der Waals surface area contributed by atoms with Gasteiger partial charge < -0.3 is 10.5 Å². The van der Waals surface area contributed by atoms with E-state index < -0.39 is 35.6 Å². The van der Waals surface area contributed by atoms with Crippen molar-refractivity contribution in [1.29, 1.82) is 0 Å². The highest BCUT2D eigenvalue weighted by molar-refractivity contribution is 6.01. The van der Waals surface area contributed by atoms with Crippen molar-refractivity contribution in [2.45, 2.75) is 13.5 Å². The third kappa shape index (κ3) is 3.90. The van der Waals surface area contributed by atoms with E-state index in [1.165, 1.54) is 4.68 Å². The lowest BCUT2D eigenvalue weighted by molar-refractivity contribution is 0.0472. The van der Waals surface area contributed by atoms with Gasteiger partial charge in [-0.15, -0.1) is 0 Å². The Balaban J connectivity index is 1.73. The second-order valence-electron chi connectivity index (χ2n) is 6.08. The van der Waals surface area contributed by atoms with E-state index >= 15 is 0 Å². The van der Waals surface area contributed by atoms with E-state index in [2.05, 4.69) is 5.10 Å². The molecule has 0 atom stereocenters. The number of carbonyl (C=O) groups is 2. The molecular weight excluding hydrogens is 368 g/mol. The van der Waals surface area contributed by atoms with E-state index in [4.69, 9.17) is 10.5 Å². The molecule has 2 aromatic carbocycles. The van der Waals surface area contributed by atoms with Gasteiger partial charge >= 0.3 is 5.97 Å². The quantitative estimate of drug-likeness (QED) is 0.520. The molecule has 0 saturated heterocycles. The number of Topliss-reactive ketones (excluding diaryl/α,β-unsaturated/α-hetero) is 1. The second kappa shape index (κ2) is 7.99. The van der Waals surface area contributed by atoms with Crippen molar-refractivity contribution < 1.29 is 23.1 Å². The summed E-state index contributed by atoms with van der Waals surface area (Å²) in [4.78, 5) is 24.4. The van der Waals surface area contributed by atoms with Crippen LogP contribution in [0.25, 0.3) is 0 Å². The number of carbonyl (C=O) groups excluding carboxylic acids is 2. The number of ether oxygens (including phenoxy) is 1. The summed E-state index contributed by atoms with van der Waals surface area (Å²) in [7, 11) is 0. The van der Waals surface area contributed by atoms with E-state index in [-0.39, 0.29) is 11.4 Å². The number of hydrogen-bond donors (Lipinski definition) is 1. The molecule has 0 unspecified atom stereocenters. The highest BCUT2D eigenvalue weighted by Gasteiger charge is 2.24. The second-order valence-corrected chi connectivity index (χ2v) is 6.08. The lowest BCUT2D eigenvalue weighted by atomic mass is 10.1. The number of aromatic nitrogens is 2. The minimum atomic E-state index is -1.02. The predicted octanol–water partition coefficient (Wildman–Crippen LogP) is 3.14. The maximum absolute atomic E-state index is 13.7. The molecule has 6 nitrogen and oxygen atoms in total. The smallest absolute Gasteiger partial charge is 0.344 e. The Morgan fingerprint density at radius 3 is 2.32 bits per heavy atom. The minimum absolute atomic E-state index is 0.0118. The first-order valence-corrected chi connectivity index (χ1v) is 8.39. The summed E-state index contributed by atoms with van der Waals surface area (Å²) in [6.07, 6.45) is 0. The van der Waals surface area contributed by atoms with Gasteiger partial charge in [0.25, 0.3) is 0 Å². The van der Waals surface area contributed by atoms with Crippen LogP contribution in [-0.4, -0.2) is 28.1 Å². The van der Waals surface area contributed by atoms with Crippen LogP contribution in [0.3, 0.4) is 0 Å². The predicted molar refractivity (Wildman–Crippen MR) is 97.9 cm³/mol. The largest absolute Gasteiger partial charge is 0.454 e. The molecule has 0 radical (unpaired) electrons. The summed E-state index contributed by atoms with van der Waals surface area (Å²) < 4.78 is 33.7. The van der Waals surface area contributed by atoms with Crippen molar-refractivity contribution in [3.63, 3.8) is 0 Å². The molecule has 0 bridgehead atoms. The Morgan fingerprint density at radius 2 is 1.68 bits per heavy atom. The number of esters is 1. The molecule has 0 fully saturated rings. The van der Waals surface area contributed by atoms with Crippen molar-refractivity contribution in [3.8, 4) is 0 Å². The maximum Gasteiger partial charge on any atom is 0.344 e. The third-order valence-corrected chi connectivity index (χ3v) is 4.12. The van der Waals surface area contributed by atoms with Crippen LogP contribution >= 0.6 is 0 Å². The van der Waals surface area contributed by atoms with E-state index in [0.29, 0.717) is 12.2 Å². The van der Waals surface area contributed by atoms with Gasteiger partial charge in [-0.05, 0) is 24.6 Å². The van der Waals surface area contributed by atoms with Crippen molar-refractivity contribution in [2.24, 2.45) is 0 Å². The first kappa shape index (κ1) is 19.2. The van der Waals surface area contributed by atoms with Gasteiger partial charge in [0, 0.05) is 0 Å². The van der Waals surface area contributed by atoms with Gasteiger partial charge in [-0.1, -0.05) is 36.4 Å². The van der Waals surface area contributed by atoms with Gasteiger partial charge in [0.15, 0.2) is 6.61 Å². The molecule has 1 heterocycles. The number of nitrogens with zero attached hydrogens (tertiary/aromatic N) is 2. The fourth-order valence-electron chi connectivity index (χ4n) is 2.77. The van der Waals surface area contributed by atoms with Crippen LogP contribution in [0.15, 0.2) is 48.5 Å². The average molecular weight is 385 g/mol. The molecule has 1 aromatic heterocycles. The molecule has 8 heteroatoms. The Hall–Kier alpha value is -3.55. The topological polar surface area (TPSA) is 87.2 Å². The number of anilines is 1.